The monoisotopic (exact) mass is 382 g/mol. The number of hydrogen-bond acceptors (Lipinski definition) is 4. The van der Waals surface area contributed by atoms with E-state index in [9.17, 15) is 0 Å². The molecule has 1 aliphatic carbocycles. The highest BCUT2D eigenvalue weighted by atomic mass is 32.2. The fourth-order valence-corrected chi connectivity index (χ4v) is 4.99. The molecule has 1 saturated heterocycles. The van der Waals surface area contributed by atoms with E-state index in [1.807, 2.05) is 6.07 Å². The average molecular weight is 383 g/mol. The SMILES string of the molecule is COc1ccccc1N1CCN(CCCSc2ccccc2C2CC2)CC1. The number of piperazine rings is 1. The summed E-state index contributed by atoms with van der Waals surface area (Å²) in [6.07, 6.45) is 4.03. The topological polar surface area (TPSA) is 15.7 Å². The molecular formula is C23H30N2OS. The first-order valence-corrected chi connectivity index (χ1v) is 11.2. The second-order valence-corrected chi connectivity index (χ2v) is 8.65. The molecule has 0 unspecified atom stereocenters. The maximum Gasteiger partial charge on any atom is 0.142 e. The van der Waals surface area contributed by atoms with E-state index in [-0.39, 0.29) is 0 Å². The molecule has 0 atom stereocenters. The van der Waals surface area contributed by atoms with E-state index in [2.05, 4.69) is 64.0 Å². The number of benzene rings is 2. The van der Waals surface area contributed by atoms with Gasteiger partial charge in [-0.1, -0.05) is 30.3 Å². The van der Waals surface area contributed by atoms with Gasteiger partial charge >= 0.3 is 0 Å². The molecule has 0 aromatic heterocycles. The summed E-state index contributed by atoms with van der Waals surface area (Å²) in [4.78, 5) is 6.58. The van der Waals surface area contributed by atoms with E-state index in [1.165, 1.54) is 42.1 Å². The molecule has 1 aliphatic heterocycles. The Morgan fingerprint density at radius 1 is 0.963 bits per heavy atom. The fourth-order valence-electron chi connectivity index (χ4n) is 3.92. The van der Waals surface area contributed by atoms with Gasteiger partial charge in [0.25, 0.3) is 0 Å². The van der Waals surface area contributed by atoms with Gasteiger partial charge < -0.3 is 9.64 Å². The van der Waals surface area contributed by atoms with Crippen molar-refractivity contribution in [2.45, 2.75) is 30.1 Å². The number of rotatable bonds is 8. The lowest BCUT2D eigenvalue weighted by molar-refractivity contribution is 0.258. The van der Waals surface area contributed by atoms with Gasteiger partial charge in [0.05, 0.1) is 12.8 Å². The predicted octanol–water partition coefficient (Wildman–Crippen LogP) is 4.88. The summed E-state index contributed by atoms with van der Waals surface area (Å²) in [6.45, 7) is 5.65. The zero-order valence-electron chi connectivity index (χ0n) is 16.3. The number of methoxy groups -OCH3 is 1. The molecule has 0 amide bonds. The van der Waals surface area contributed by atoms with Crippen molar-refractivity contribution in [3.8, 4) is 5.75 Å². The lowest BCUT2D eigenvalue weighted by Crippen LogP contribution is -2.46. The minimum atomic E-state index is 0.844. The number of thioether (sulfide) groups is 1. The summed E-state index contributed by atoms with van der Waals surface area (Å²) < 4.78 is 5.52. The minimum Gasteiger partial charge on any atom is -0.495 e. The molecule has 4 rings (SSSR count). The summed E-state index contributed by atoms with van der Waals surface area (Å²) in [5.74, 6) is 3.05. The van der Waals surface area contributed by atoms with Gasteiger partial charge in [-0.2, -0.15) is 0 Å². The Kier molecular flexibility index (Phi) is 6.25. The minimum absolute atomic E-state index is 0.844. The summed E-state index contributed by atoms with van der Waals surface area (Å²) in [6, 6.07) is 17.4. The number of anilines is 1. The molecule has 1 saturated carbocycles. The highest BCUT2D eigenvalue weighted by molar-refractivity contribution is 7.99. The molecule has 0 N–H and O–H groups in total. The first-order valence-electron chi connectivity index (χ1n) is 10.2. The molecule has 144 valence electrons. The third-order valence-corrected chi connectivity index (χ3v) is 6.79. The van der Waals surface area contributed by atoms with Gasteiger partial charge in [-0.05, 0) is 61.2 Å². The first-order chi connectivity index (χ1) is 13.3. The zero-order chi connectivity index (χ0) is 18.5. The van der Waals surface area contributed by atoms with Gasteiger partial charge in [-0.15, -0.1) is 11.8 Å². The van der Waals surface area contributed by atoms with Crippen molar-refractivity contribution in [1.29, 1.82) is 0 Å². The summed E-state index contributed by atoms with van der Waals surface area (Å²) in [5, 5.41) is 0. The molecule has 2 aromatic carbocycles. The van der Waals surface area contributed by atoms with E-state index in [0.29, 0.717) is 0 Å². The fraction of sp³-hybridized carbons (Fsp3) is 0.478. The van der Waals surface area contributed by atoms with Gasteiger partial charge in [-0.25, -0.2) is 0 Å². The highest BCUT2D eigenvalue weighted by Gasteiger charge is 2.25. The van der Waals surface area contributed by atoms with Crippen LogP contribution in [0.3, 0.4) is 0 Å². The van der Waals surface area contributed by atoms with Crippen LogP contribution in [0.2, 0.25) is 0 Å². The van der Waals surface area contributed by atoms with Gasteiger partial charge in [0, 0.05) is 31.1 Å². The largest absolute Gasteiger partial charge is 0.495 e. The Balaban J connectivity index is 1.20. The van der Waals surface area contributed by atoms with E-state index < -0.39 is 0 Å². The maximum absolute atomic E-state index is 5.52. The molecule has 0 radical (unpaired) electrons. The summed E-state index contributed by atoms with van der Waals surface area (Å²) in [5.41, 5.74) is 2.82. The first kappa shape index (κ1) is 18.7. The molecule has 4 heteroatoms. The second kappa shape index (κ2) is 9.03. The number of hydrogen-bond donors (Lipinski definition) is 0. The van der Waals surface area contributed by atoms with Crippen LogP contribution < -0.4 is 9.64 Å². The van der Waals surface area contributed by atoms with Crippen LogP contribution in [-0.4, -0.2) is 50.5 Å². The Morgan fingerprint density at radius 3 is 2.48 bits per heavy atom. The molecule has 0 spiro atoms. The highest BCUT2D eigenvalue weighted by Crippen LogP contribution is 2.44. The van der Waals surface area contributed by atoms with Crippen LogP contribution in [0.1, 0.15) is 30.7 Å². The molecule has 2 aromatic rings. The van der Waals surface area contributed by atoms with Crippen LogP contribution in [0, 0.1) is 0 Å². The Labute approximate surface area is 167 Å². The van der Waals surface area contributed by atoms with Crippen molar-refractivity contribution in [2.75, 3.05) is 50.5 Å². The Hall–Kier alpha value is -1.65. The number of nitrogens with zero attached hydrogens (tertiary/aromatic N) is 2. The molecule has 1 heterocycles. The summed E-state index contributed by atoms with van der Waals surface area (Å²) >= 11 is 2.05. The van der Waals surface area contributed by atoms with Crippen LogP contribution >= 0.6 is 11.8 Å². The lowest BCUT2D eigenvalue weighted by Gasteiger charge is -2.36. The van der Waals surface area contributed by atoms with Crippen molar-refractivity contribution >= 4 is 17.4 Å². The molecule has 0 bridgehead atoms. The Morgan fingerprint density at radius 2 is 1.70 bits per heavy atom. The van der Waals surface area contributed by atoms with Gasteiger partial charge in [-0.3, -0.25) is 4.90 Å². The predicted molar refractivity (Wildman–Crippen MR) is 115 cm³/mol. The van der Waals surface area contributed by atoms with Gasteiger partial charge in [0.1, 0.15) is 5.75 Å². The normalized spacial score (nSPS) is 17.9. The van der Waals surface area contributed by atoms with Gasteiger partial charge in [0.15, 0.2) is 0 Å². The molecule has 2 aliphatic rings. The Bertz CT molecular complexity index is 739. The second-order valence-electron chi connectivity index (χ2n) is 7.51. The van der Waals surface area contributed by atoms with Crippen molar-refractivity contribution < 1.29 is 4.74 Å². The van der Waals surface area contributed by atoms with Gasteiger partial charge in [0.2, 0.25) is 0 Å². The van der Waals surface area contributed by atoms with Crippen LogP contribution in [0.4, 0.5) is 5.69 Å². The molecule has 3 nitrogen and oxygen atoms in total. The van der Waals surface area contributed by atoms with Crippen LogP contribution in [0.15, 0.2) is 53.4 Å². The van der Waals surface area contributed by atoms with Crippen molar-refractivity contribution in [3.05, 3.63) is 54.1 Å². The van der Waals surface area contributed by atoms with Crippen LogP contribution in [0.5, 0.6) is 5.75 Å². The third kappa shape index (κ3) is 4.80. The number of ether oxygens (including phenoxy) is 1. The third-order valence-electron chi connectivity index (χ3n) is 5.61. The zero-order valence-corrected chi connectivity index (χ0v) is 17.1. The average Bonchev–Trinajstić information content (AvgIpc) is 3.57. The van der Waals surface area contributed by atoms with Crippen molar-refractivity contribution in [3.63, 3.8) is 0 Å². The van der Waals surface area contributed by atoms with Crippen molar-refractivity contribution in [2.24, 2.45) is 0 Å². The summed E-state index contributed by atoms with van der Waals surface area (Å²) in [7, 11) is 1.76. The van der Waals surface area contributed by atoms with E-state index in [1.54, 1.807) is 12.7 Å². The molecule has 27 heavy (non-hydrogen) atoms. The van der Waals surface area contributed by atoms with E-state index >= 15 is 0 Å². The van der Waals surface area contributed by atoms with E-state index in [0.717, 1.165) is 37.8 Å². The van der Waals surface area contributed by atoms with Crippen molar-refractivity contribution in [1.82, 2.24) is 4.90 Å². The molecular weight excluding hydrogens is 352 g/mol. The maximum atomic E-state index is 5.52. The van der Waals surface area contributed by atoms with Crippen LogP contribution in [0.25, 0.3) is 0 Å². The standard InChI is InChI=1S/C23H30N2OS/c1-26-22-9-4-3-8-21(22)25-16-14-24(15-17-25)13-6-18-27-23-10-5-2-7-20(23)19-11-12-19/h2-5,7-10,19H,6,11-18H2,1H3. The number of para-hydroxylation sites is 2. The smallest absolute Gasteiger partial charge is 0.142 e. The lowest BCUT2D eigenvalue weighted by atomic mass is 10.1. The quantitative estimate of drug-likeness (QED) is 0.477. The van der Waals surface area contributed by atoms with Crippen LogP contribution in [-0.2, 0) is 0 Å². The van der Waals surface area contributed by atoms with E-state index in [4.69, 9.17) is 4.74 Å². The molecule has 2 fully saturated rings.